The van der Waals surface area contributed by atoms with E-state index in [9.17, 15) is 29.4 Å². The van der Waals surface area contributed by atoms with Crippen LogP contribution < -0.4 is 22.1 Å². The van der Waals surface area contributed by atoms with Crippen LogP contribution in [0.25, 0.3) is 0 Å². The average Bonchev–Trinajstić information content (AvgIpc) is 3.48. The maximum absolute atomic E-state index is 13.0. The van der Waals surface area contributed by atoms with Crippen LogP contribution in [0.1, 0.15) is 44.7 Å². The van der Waals surface area contributed by atoms with E-state index >= 15 is 0 Å². The number of carbonyl (C=O) groups excluding carboxylic acids is 3. The van der Waals surface area contributed by atoms with E-state index in [1.165, 1.54) is 24.3 Å². The van der Waals surface area contributed by atoms with E-state index in [4.69, 9.17) is 11.5 Å². The zero-order valence-electron chi connectivity index (χ0n) is 19.3. The third-order valence-corrected chi connectivity index (χ3v) is 5.82. The Balaban J connectivity index is 2.10. The highest BCUT2D eigenvalue weighted by Crippen LogP contribution is 2.19. The fraction of sp³-hybridized carbons (Fsp3) is 0.667. The van der Waals surface area contributed by atoms with Crippen molar-refractivity contribution in [2.45, 2.75) is 75.7 Å². The van der Waals surface area contributed by atoms with Crippen LogP contribution in [0.3, 0.4) is 0 Å². The molecule has 190 valence electrons. The molecule has 0 unspecified atom stereocenters. The molecule has 0 saturated carbocycles. The third kappa shape index (κ3) is 7.50. The molecule has 1 aromatic heterocycles. The van der Waals surface area contributed by atoms with E-state index in [0.29, 0.717) is 44.5 Å². The molecule has 13 heteroatoms. The van der Waals surface area contributed by atoms with Crippen LogP contribution in [-0.4, -0.2) is 92.1 Å². The Kier molecular flexibility index (Phi) is 10.4. The number of nitrogens with two attached hydrogens (primary N) is 2. The second-order valence-corrected chi connectivity index (χ2v) is 8.48. The van der Waals surface area contributed by atoms with Crippen LogP contribution in [0.4, 0.5) is 0 Å². The second kappa shape index (κ2) is 13.0. The number of carbonyl (C=O) groups is 4. The molecule has 13 nitrogen and oxygen atoms in total. The van der Waals surface area contributed by atoms with Gasteiger partial charge in [-0.3, -0.25) is 14.4 Å². The molecule has 1 aromatic rings. The number of nitrogens with zero attached hydrogens (tertiary/aromatic N) is 2. The average molecular weight is 482 g/mol. The van der Waals surface area contributed by atoms with Gasteiger partial charge in [0.1, 0.15) is 24.2 Å². The quantitative estimate of drug-likeness (QED) is 0.152. The number of carboxylic acid groups (broad SMARTS) is 1. The topological polar surface area (TPSA) is 217 Å². The molecule has 2 heterocycles. The summed E-state index contributed by atoms with van der Waals surface area (Å²) in [5.74, 6) is -2.94. The number of likely N-dealkylation sites (tertiary alicyclic amines) is 1. The highest BCUT2D eigenvalue weighted by molar-refractivity contribution is 5.94. The van der Waals surface area contributed by atoms with Gasteiger partial charge in [-0.25, -0.2) is 9.78 Å². The lowest BCUT2D eigenvalue weighted by Gasteiger charge is -2.29. The molecule has 0 spiro atoms. The van der Waals surface area contributed by atoms with Gasteiger partial charge in [-0.15, -0.1) is 0 Å². The van der Waals surface area contributed by atoms with Gasteiger partial charge in [0.2, 0.25) is 17.7 Å². The Bertz CT molecular complexity index is 832. The summed E-state index contributed by atoms with van der Waals surface area (Å²) in [4.78, 5) is 58.2. The number of aliphatic hydroxyl groups is 1. The number of amides is 3. The van der Waals surface area contributed by atoms with Crippen molar-refractivity contribution in [2.24, 2.45) is 11.5 Å². The van der Waals surface area contributed by atoms with Gasteiger partial charge in [-0.2, -0.15) is 0 Å². The summed E-state index contributed by atoms with van der Waals surface area (Å²) < 4.78 is 0. The zero-order chi connectivity index (χ0) is 25.3. The van der Waals surface area contributed by atoms with Gasteiger partial charge in [0.25, 0.3) is 0 Å². The highest BCUT2D eigenvalue weighted by atomic mass is 16.4. The minimum Gasteiger partial charge on any atom is -0.480 e. The van der Waals surface area contributed by atoms with E-state index < -0.39 is 54.0 Å². The number of unbranched alkanes of at least 4 members (excludes halogenated alkanes) is 1. The first kappa shape index (κ1) is 27.2. The van der Waals surface area contributed by atoms with Crippen molar-refractivity contribution in [1.82, 2.24) is 25.5 Å². The van der Waals surface area contributed by atoms with Gasteiger partial charge < -0.3 is 42.2 Å². The van der Waals surface area contributed by atoms with E-state index in [0.717, 1.165) is 0 Å². The summed E-state index contributed by atoms with van der Waals surface area (Å²) in [6.07, 6.45) is 4.15. The van der Waals surface area contributed by atoms with Gasteiger partial charge in [-0.1, -0.05) is 0 Å². The number of aliphatic carboxylic acids is 1. The van der Waals surface area contributed by atoms with Crippen LogP contribution in [0.15, 0.2) is 12.5 Å². The monoisotopic (exact) mass is 481 g/mol. The van der Waals surface area contributed by atoms with Gasteiger partial charge in [0.15, 0.2) is 0 Å². The van der Waals surface area contributed by atoms with Crippen LogP contribution in [0.2, 0.25) is 0 Å². The fourth-order valence-electron chi connectivity index (χ4n) is 3.82. The molecule has 2 rings (SSSR count). The Morgan fingerprint density at radius 1 is 1.26 bits per heavy atom. The molecule has 3 amide bonds. The first-order valence-electron chi connectivity index (χ1n) is 11.4. The first-order chi connectivity index (χ1) is 16.1. The van der Waals surface area contributed by atoms with E-state index in [-0.39, 0.29) is 12.8 Å². The summed E-state index contributed by atoms with van der Waals surface area (Å²) in [5.41, 5.74) is 11.8. The minimum atomic E-state index is -1.23. The number of H-pyrrole nitrogens is 1. The molecular weight excluding hydrogens is 446 g/mol. The molecule has 9 N–H and O–H groups in total. The normalized spacial score (nSPS) is 19.2. The van der Waals surface area contributed by atoms with Crippen LogP contribution in [-0.2, 0) is 25.6 Å². The van der Waals surface area contributed by atoms with Gasteiger partial charge >= 0.3 is 5.97 Å². The van der Waals surface area contributed by atoms with Crippen LogP contribution in [0, 0.1) is 0 Å². The predicted molar refractivity (Wildman–Crippen MR) is 121 cm³/mol. The molecule has 1 fully saturated rings. The standard InChI is InChI=1S/C21H35N7O6/c1-12(29)17(23)20(32)28-8-4-6-16(28)19(31)26-14(5-2-3-7-22)18(30)27-15(21(33)34)9-13-10-24-11-25-13/h10-12,14-17,29H,2-9,22-23H2,1H3,(H,24,25)(H,26,31)(H,27,30)(H,33,34)/t12-,14+,15+,16+,17+/m1/s1. The van der Waals surface area contributed by atoms with Crippen molar-refractivity contribution in [3.05, 3.63) is 18.2 Å². The summed E-state index contributed by atoms with van der Waals surface area (Å²) in [6, 6.07) is -4.22. The first-order valence-corrected chi connectivity index (χ1v) is 11.4. The fourth-order valence-corrected chi connectivity index (χ4v) is 3.82. The van der Waals surface area contributed by atoms with Crippen LogP contribution in [0.5, 0.6) is 0 Å². The second-order valence-electron chi connectivity index (χ2n) is 8.48. The lowest BCUT2D eigenvalue weighted by molar-refractivity contribution is -0.143. The largest absolute Gasteiger partial charge is 0.480 e. The number of aromatic amines is 1. The third-order valence-electron chi connectivity index (χ3n) is 5.82. The molecule has 0 radical (unpaired) electrons. The summed E-state index contributed by atoms with van der Waals surface area (Å²) in [6.45, 7) is 2.11. The summed E-state index contributed by atoms with van der Waals surface area (Å²) >= 11 is 0. The van der Waals surface area contributed by atoms with Crippen molar-refractivity contribution >= 4 is 23.7 Å². The number of aromatic nitrogens is 2. The van der Waals surface area contributed by atoms with Crippen molar-refractivity contribution in [3.8, 4) is 0 Å². The van der Waals surface area contributed by atoms with E-state index in [2.05, 4.69) is 20.6 Å². The van der Waals surface area contributed by atoms with Crippen molar-refractivity contribution in [3.63, 3.8) is 0 Å². The lowest BCUT2D eigenvalue weighted by Crippen LogP contribution is -2.57. The lowest BCUT2D eigenvalue weighted by atomic mass is 10.1. The van der Waals surface area contributed by atoms with Gasteiger partial charge in [0, 0.05) is 24.9 Å². The summed E-state index contributed by atoms with van der Waals surface area (Å²) in [7, 11) is 0. The van der Waals surface area contributed by atoms with Crippen molar-refractivity contribution < 1.29 is 29.4 Å². The van der Waals surface area contributed by atoms with E-state index in [1.54, 1.807) is 0 Å². The maximum atomic E-state index is 13.0. The Morgan fingerprint density at radius 3 is 2.59 bits per heavy atom. The Labute approximate surface area is 197 Å². The van der Waals surface area contributed by atoms with Crippen molar-refractivity contribution in [1.29, 1.82) is 0 Å². The Hall–Kier alpha value is -3.03. The van der Waals surface area contributed by atoms with Gasteiger partial charge in [-0.05, 0) is 45.6 Å². The number of aliphatic hydroxyl groups excluding tert-OH is 1. The molecule has 1 saturated heterocycles. The number of nitrogens with one attached hydrogen (secondary N) is 3. The molecular formula is C21H35N7O6. The zero-order valence-corrected chi connectivity index (χ0v) is 19.3. The minimum absolute atomic E-state index is 0.00726. The molecule has 1 aliphatic heterocycles. The maximum Gasteiger partial charge on any atom is 0.326 e. The Morgan fingerprint density at radius 2 is 2.00 bits per heavy atom. The summed E-state index contributed by atoms with van der Waals surface area (Å²) in [5, 5.41) is 24.3. The predicted octanol–water partition coefficient (Wildman–Crippen LogP) is -2.17. The van der Waals surface area contributed by atoms with Crippen molar-refractivity contribution in [2.75, 3.05) is 13.1 Å². The molecule has 0 aromatic carbocycles. The SMILES string of the molecule is C[C@@H](O)[C@H](N)C(=O)N1CCC[C@H]1C(=O)N[C@@H](CCCCN)C(=O)N[C@@H](Cc1cnc[nH]1)C(=O)O. The number of carboxylic acids is 1. The highest BCUT2D eigenvalue weighted by Gasteiger charge is 2.38. The molecule has 34 heavy (non-hydrogen) atoms. The molecule has 1 aliphatic rings. The number of hydrogen-bond donors (Lipinski definition) is 7. The van der Waals surface area contributed by atoms with Crippen LogP contribution >= 0.6 is 0 Å². The smallest absolute Gasteiger partial charge is 0.326 e. The number of rotatable bonds is 13. The van der Waals surface area contributed by atoms with E-state index in [1.807, 2.05) is 0 Å². The number of imidazole rings is 1. The molecule has 0 bridgehead atoms. The molecule has 5 atom stereocenters. The van der Waals surface area contributed by atoms with Gasteiger partial charge in [0.05, 0.1) is 12.4 Å². The molecule has 0 aliphatic carbocycles. The number of hydrogen-bond acceptors (Lipinski definition) is 8.